The summed E-state index contributed by atoms with van der Waals surface area (Å²) in [7, 11) is 3.66. The van der Waals surface area contributed by atoms with Crippen molar-refractivity contribution in [2.24, 2.45) is 10.4 Å². The van der Waals surface area contributed by atoms with E-state index in [-0.39, 0.29) is 41.3 Å². The summed E-state index contributed by atoms with van der Waals surface area (Å²) in [5.74, 6) is 2.69. The Labute approximate surface area is 174 Å². The Hall–Kier alpha value is -1.25. The minimum absolute atomic E-state index is 0. The molecule has 0 spiro atoms. The summed E-state index contributed by atoms with van der Waals surface area (Å²) in [4.78, 5) is 19.1. The van der Waals surface area contributed by atoms with Gasteiger partial charge >= 0.3 is 0 Å². The topological polar surface area (TPSA) is 69.9 Å². The molecule has 0 saturated heterocycles. The molecule has 1 aromatic rings. The van der Waals surface area contributed by atoms with Crippen molar-refractivity contribution in [3.8, 4) is 0 Å². The van der Waals surface area contributed by atoms with Gasteiger partial charge in [0.15, 0.2) is 5.96 Å². The third kappa shape index (κ3) is 5.62. The summed E-state index contributed by atoms with van der Waals surface area (Å²) in [6.45, 7) is 7.30. The van der Waals surface area contributed by atoms with Crippen molar-refractivity contribution in [1.29, 1.82) is 0 Å². The molecular weight excluding hydrogens is 443 g/mol. The zero-order valence-corrected chi connectivity index (χ0v) is 18.9. The van der Waals surface area contributed by atoms with Gasteiger partial charge in [0.1, 0.15) is 11.5 Å². The summed E-state index contributed by atoms with van der Waals surface area (Å²) in [6.07, 6.45) is 4.03. The maximum absolute atomic E-state index is 12.7. The fourth-order valence-electron chi connectivity index (χ4n) is 3.48. The molecule has 26 heavy (non-hydrogen) atoms. The molecule has 0 radical (unpaired) electrons. The van der Waals surface area contributed by atoms with Gasteiger partial charge in [-0.25, -0.2) is 0 Å². The van der Waals surface area contributed by atoms with Crippen molar-refractivity contribution in [2.75, 3.05) is 27.2 Å². The SMILES string of the molecule is CCNC(=NCC1(C(=O)N(C)C)CCCC1)NC(C)c1ccc(C)o1.I. The van der Waals surface area contributed by atoms with E-state index in [2.05, 4.69) is 10.6 Å². The van der Waals surface area contributed by atoms with Crippen LogP contribution in [0.5, 0.6) is 0 Å². The van der Waals surface area contributed by atoms with E-state index < -0.39 is 0 Å². The number of carbonyl (C=O) groups excluding carboxylic acids is 1. The Balaban J connectivity index is 0.00000338. The first-order valence-electron chi connectivity index (χ1n) is 9.21. The van der Waals surface area contributed by atoms with Crippen LogP contribution in [0.4, 0.5) is 0 Å². The lowest BCUT2D eigenvalue weighted by Gasteiger charge is -2.29. The van der Waals surface area contributed by atoms with Gasteiger partial charge in [0.25, 0.3) is 0 Å². The van der Waals surface area contributed by atoms with E-state index in [1.54, 1.807) is 4.90 Å². The number of furan rings is 1. The highest BCUT2D eigenvalue weighted by Gasteiger charge is 2.42. The Morgan fingerprint density at radius 3 is 2.50 bits per heavy atom. The van der Waals surface area contributed by atoms with Crippen molar-refractivity contribution < 1.29 is 9.21 Å². The van der Waals surface area contributed by atoms with E-state index >= 15 is 0 Å². The minimum Gasteiger partial charge on any atom is -0.464 e. The van der Waals surface area contributed by atoms with Crippen LogP contribution in [0, 0.1) is 12.3 Å². The molecule has 1 heterocycles. The summed E-state index contributed by atoms with van der Waals surface area (Å²) in [6, 6.07) is 3.95. The van der Waals surface area contributed by atoms with Gasteiger partial charge in [-0.2, -0.15) is 0 Å². The van der Waals surface area contributed by atoms with Crippen LogP contribution in [-0.2, 0) is 4.79 Å². The number of rotatable bonds is 6. The number of guanidine groups is 1. The molecule has 1 saturated carbocycles. The second-order valence-corrected chi connectivity index (χ2v) is 7.20. The maximum atomic E-state index is 12.7. The second-order valence-electron chi connectivity index (χ2n) is 7.20. The molecule has 0 bridgehead atoms. The molecular formula is C19H33IN4O2. The molecule has 0 aliphatic heterocycles. The van der Waals surface area contributed by atoms with Gasteiger partial charge in [0.2, 0.25) is 5.91 Å². The first-order chi connectivity index (χ1) is 11.9. The summed E-state index contributed by atoms with van der Waals surface area (Å²) < 4.78 is 5.69. The molecule has 1 atom stereocenters. The van der Waals surface area contributed by atoms with Crippen LogP contribution in [0.25, 0.3) is 0 Å². The van der Waals surface area contributed by atoms with Crippen LogP contribution in [0.3, 0.4) is 0 Å². The highest BCUT2D eigenvalue weighted by molar-refractivity contribution is 14.0. The largest absolute Gasteiger partial charge is 0.464 e. The lowest BCUT2D eigenvalue weighted by molar-refractivity contribution is -0.138. The zero-order chi connectivity index (χ0) is 18.4. The average molecular weight is 476 g/mol. The fraction of sp³-hybridized carbons (Fsp3) is 0.684. The minimum atomic E-state index is -0.351. The van der Waals surface area contributed by atoms with Gasteiger partial charge in [-0.05, 0) is 45.7 Å². The van der Waals surface area contributed by atoms with Crippen molar-refractivity contribution >= 4 is 35.8 Å². The van der Waals surface area contributed by atoms with Gasteiger partial charge in [-0.15, -0.1) is 24.0 Å². The van der Waals surface area contributed by atoms with Gasteiger partial charge in [-0.1, -0.05) is 12.8 Å². The monoisotopic (exact) mass is 476 g/mol. The van der Waals surface area contributed by atoms with Crippen LogP contribution in [-0.4, -0.2) is 44.0 Å². The lowest BCUT2D eigenvalue weighted by atomic mass is 9.85. The number of nitrogens with zero attached hydrogens (tertiary/aromatic N) is 2. The highest BCUT2D eigenvalue weighted by Crippen LogP contribution is 2.39. The molecule has 1 fully saturated rings. The molecule has 1 aliphatic rings. The maximum Gasteiger partial charge on any atom is 0.230 e. The smallest absolute Gasteiger partial charge is 0.230 e. The second kappa shape index (κ2) is 10.2. The Morgan fingerprint density at radius 1 is 1.35 bits per heavy atom. The Kier molecular flexibility index (Phi) is 8.92. The predicted molar refractivity (Wildman–Crippen MR) is 116 cm³/mol. The van der Waals surface area contributed by atoms with Crippen LogP contribution in [0.15, 0.2) is 21.5 Å². The Bertz CT molecular complexity index is 606. The average Bonchev–Trinajstić information content (AvgIpc) is 3.22. The van der Waals surface area contributed by atoms with Crippen molar-refractivity contribution in [1.82, 2.24) is 15.5 Å². The van der Waals surface area contributed by atoms with E-state index in [1.165, 1.54) is 0 Å². The molecule has 1 unspecified atom stereocenters. The molecule has 148 valence electrons. The number of aliphatic imine (C=N–C) groups is 1. The van der Waals surface area contributed by atoms with Gasteiger partial charge < -0.3 is 20.0 Å². The third-order valence-corrected chi connectivity index (χ3v) is 4.85. The summed E-state index contributed by atoms with van der Waals surface area (Å²) >= 11 is 0. The molecule has 0 aromatic carbocycles. The number of halogens is 1. The van der Waals surface area contributed by atoms with Crippen molar-refractivity contribution in [3.63, 3.8) is 0 Å². The van der Waals surface area contributed by atoms with Crippen LogP contribution in [0.1, 0.15) is 57.1 Å². The van der Waals surface area contributed by atoms with Crippen molar-refractivity contribution in [3.05, 3.63) is 23.7 Å². The predicted octanol–water partition coefficient (Wildman–Crippen LogP) is 3.47. The molecule has 2 N–H and O–H groups in total. The van der Waals surface area contributed by atoms with Crippen LogP contribution < -0.4 is 10.6 Å². The Morgan fingerprint density at radius 2 is 2.00 bits per heavy atom. The van der Waals surface area contributed by atoms with Crippen LogP contribution >= 0.6 is 24.0 Å². The lowest BCUT2D eigenvalue weighted by Crippen LogP contribution is -2.43. The normalized spacial score (nSPS) is 17.3. The van der Waals surface area contributed by atoms with Gasteiger partial charge in [0.05, 0.1) is 18.0 Å². The molecule has 2 rings (SSSR count). The number of hydrogen-bond acceptors (Lipinski definition) is 3. The van der Waals surface area contributed by atoms with E-state index in [0.29, 0.717) is 6.54 Å². The van der Waals surface area contributed by atoms with E-state index in [9.17, 15) is 4.79 Å². The van der Waals surface area contributed by atoms with Crippen molar-refractivity contribution in [2.45, 2.75) is 52.5 Å². The molecule has 1 amide bonds. The first kappa shape index (κ1) is 22.8. The number of nitrogens with one attached hydrogen (secondary N) is 2. The number of amides is 1. The standard InChI is InChI=1S/C19H32N4O2.HI/c1-6-20-18(22-15(3)16-10-9-14(2)25-16)21-13-19(11-7-8-12-19)17(24)23(4)5;/h9-10,15H,6-8,11-13H2,1-5H3,(H2,20,21,22);1H. The molecule has 6 nitrogen and oxygen atoms in total. The number of carbonyl (C=O) groups is 1. The fourth-order valence-corrected chi connectivity index (χ4v) is 3.48. The molecule has 7 heteroatoms. The van der Waals surface area contributed by atoms with E-state index in [1.807, 2.05) is 47.0 Å². The zero-order valence-electron chi connectivity index (χ0n) is 16.6. The van der Waals surface area contributed by atoms with Crippen LogP contribution in [0.2, 0.25) is 0 Å². The van der Waals surface area contributed by atoms with Gasteiger partial charge in [-0.3, -0.25) is 9.79 Å². The summed E-state index contributed by atoms with van der Waals surface area (Å²) in [5, 5.41) is 6.65. The van der Waals surface area contributed by atoms with Gasteiger partial charge in [0, 0.05) is 20.6 Å². The molecule has 1 aliphatic carbocycles. The van der Waals surface area contributed by atoms with E-state index in [0.717, 1.165) is 49.7 Å². The molecule has 1 aromatic heterocycles. The number of aryl methyl sites for hydroxylation is 1. The van der Waals surface area contributed by atoms with E-state index in [4.69, 9.17) is 9.41 Å². The number of hydrogen-bond donors (Lipinski definition) is 2. The summed E-state index contributed by atoms with van der Waals surface area (Å²) in [5.41, 5.74) is -0.351. The highest BCUT2D eigenvalue weighted by atomic mass is 127. The quantitative estimate of drug-likeness (QED) is 0.375. The third-order valence-electron chi connectivity index (χ3n) is 4.85. The first-order valence-corrected chi connectivity index (χ1v) is 9.21.